The molecule has 1 aliphatic heterocycles. The fourth-order valence-electron chi connectivity index (χ4n) is 2.88. The molecule has 0 aliphatic carbocycles. The van der Waals surface area contributed by atoms with Gasteiger partial charge in [-0.3, -0.25) is 4.90 Å². The molecule has 0 bridgehead atoms. The lowest BCUT2D eigenvalue weighted by atomic mass is 9.88. The summed E-state index contributed by atoms with van der Waals surface area (Å²) in [6.45, 7) is 13.7. The molecule has 100 valence electrons. The van der Waals surface area contributed by atoms with Crippen molar-refractivity contribution in [2.24, 2.45) is 5.41 Å². The van der Waals surface area contributed by atoms with E-state index in [-0.39, 0.29) is 5.54 Å². The summed E-state index contributed by atoms with van der Waals surface area (Å²) in [6.07, 6.45) is 0. The minimum absolute atomic E-state index is 0.0881. The molecule has 1 N–H and O–H groups in total. The topological polar surface area (TPSA) is 15.3 Å². The second kappa shape index (κ2) is 5.02. The molecule has 2 rings (SSSR count). The molecule has 1 atom stereocenters. The van der Waals surface area contributed by atoms with E-state index in [0.29, 0.717) is 5.41 Å². The minimum Gasteiger partial charge on any atom is -0.305 e. The van der Waals surface area contributed by atoms with Crippen molar-refractivity contribution in [3.63, 3.8) is 0 Å². The van der Waals surface area contributed by atoms with Crippen LogP contribution in [-0.2, 0) is 5.54 Å². The molecule has 0 spiro atoms. The second-order valence-electron chi connectivity index (χ2n) is 6.90. The molecule has 1 unspecified atom stereocenters. The monoisotopic (exact) mass is 246 g/mol. The third-order valence-corrected chi connectivity index (χ3v) is 3.59. The lowest BCUT2D eigenvalue weighted by Crippen LogP contribution is -2.57. The van der Waals surface area contributed by atoms with Gasteiger partial charge in [0.25, 0.3) is 0 Å². The quantitative estimate of drug-likeness (QED) is 0.863. The van der Waals surface area contributed by atoms with Gasteiger partial charge in [-0.15, -0.1) is 0 Å². The molecule has 1 saturated heterocycles. The molecule has 1 heterocycles. The van der Waals surface area contributed by atoms with Crippen LogP contribution in [0, 0.1) is 5.41 Å². The van der Waals surface area contributed by atoms with Crippen molar-refractivity contribution in [1.29, 1.82) is 0 Å². The van der Waals surface area contributed by atoms with Crippen molar-refractivity contribution in [3.8, 4) is 0 Å². The van der Waals surface area contributed by atoms with Gasteiger partial charge in [0.2, 0.25) is 0 Å². The number of rotatable bonds is 2. The van der Waals surface area contributed by atoms with Gasteiger partial charge < -0.3 is 5.32 Å². The van der Waals surface area contributed by atoms with Gasteiger partial charge in [-0.1, -0.05) is 51.1 Å². The third-order valence-electron chi connectivity index (χ3n) is 3.59. The zero-order valence-electron chi connectivity index (χ0n) is 12.2. The van der Waals surface area contributed by atoms with Crippen molar-refractivity contribution in [3.05, 3.63) is 35.9 Å². The van der Waals surface area contributed by atoms with Gasteiger partial charge in [-0.2, -0.15) is 0 Å². The summed E-state index contributed by atoms with van der Waals surface area (Å²) in [5.74, 6) is 0. The molecule has 1 aliphatic rings. The average molecular weight is 246 g/mol. The first-order valence-corrected chi connectivity index (χ1v) is 6.92. The summed E-state index contributed by atoms with van der Waals surface area (Å²) < 4.78 is 0. The molecule has 0 aromatic heterocycles. The van der Waals surface area contributed by atoms with E-state index in [2.05, 4.69) is 68.2 Å². The van der Waals surface area contributed by atoms with Crippen molar-refractivity contribution < 1.29 is 0 Å². The number of nitrogens with zero attached hydrogens (tertiary/aromatic N) is 1. The van der Waals surface area contributed by atoms with Crippen LogP contribution in [0.2, 0.25) is 0 Å². The Morgan fingerprint density at radius 1 is 1.22 bits per heavy atom. The van der Waals surface area contributed by atoms with Crippen molar-refractivity contribution in [1.82, 2.24) is 10.2 Å². The molecule has 1 aromatic carbocycles. The predicted molar refractivity (Wildman–Crippen MR) is 77.7 cm³/mol. The SMILES string of the molecule is CC(C)(C)CN1CCNC(C)(c2ccccc2)C1. The van der Waals surface area contributed by atoms with Gasteiger partial charge >= 0.3 is 0 Å². The molecular weight excluding hydrogens is 220 g/mol. The van der Waals surface area contributed by atoms with Crippen LogP contribution < -0.4 is 5.32 Å². The molecular formula is C16H26N2. The highest BCUT2D eigenvalue weighted by molar-refractivity contribution is 5.24. The van der Waals surface area contributed by atoms with Crippen LogP contribution in [0.4, 0.5) is 0 Å². The molecule has 0 saturated carbocycles. The summed E-state index contributed by atoms with van der Waals surface area (Å²) in [6, 6.07) is 10.8. The van der Waals surface area contributed by atoms with Gasteiger partial charge in [0.1, 0.15) is 0 Å². The largest absolute Gasteiger partial charge is 0.305 e. The maximum atomic E-state index is 3.69. The molecule has 1 aromatic rings. The van der Waals surface area contributed by atoms with Crippen LogP contribution in [0.1, 0.15) is 33.3 Å². The van der Waals surface area contributed by atoms with E-state index in [1.54, 1.807) is 0 Å². The van der Waals surface area contributed by atoms with E-state index in [9.17, 15) is 0 Å². The number of nitrogens with one attached hydrogen (secondary N) is 1. The first-order chi connectivity index (χ1) is 8.39. The van der Waals surface area contributed by atoms with E-state index in [1.165, 1.54) is 5.56 Å². The van der Waals surface area contributed by atoms with Crippen LogP contribution >= 0.6 is 0 Å². The molecule has 0 radical (unpaired) electrons. The van der Waals surface area contributed by atoms with Crippen LogP contribution in [0.25, 0.3) is 0 Å². The maximum Gasteiger partial charge on any atom is 0.0535 e. The van der Waals surface area contributed by atoms with Gasteiger partial charge in [-0.25, -0.2) is 0 Å². The van der Waals surface area contributed by atoms with Crippen LogP contribution in [-0.4, -0.2) is 31.1 Å². The maximum absolute atomic E-state index is 3.69. The summed E-state index contributed by atoms with van der Waals surface area (Å²) >= 11 is 0. The zero-order valence-corrected chi connectivity index (χ0v) is 12.2. The Morgan fingerprint density at radius 3 is 2.50 bits per heavy atom. The Hall–Kier alpha value is -0.860. The molecule has 2 heteroatoms. The Kier molecular flexibility index (Phi) is 3.79. The highest BCUT2D eigenvalue weighted by atomic mass is 15.2. The highest BCUT2D eigenvalue weighted by Gasteiger charge is 2.33. The highest BCUT2D eigenvalue weighted by Crippen LogP contribution is 2.26. The number of hydrogen-bond acceptors (Lipinski definition) is 2. The minimum atomic E-state index is 0.0881. The second-order valence-corrected chi connectivity index (χ2v) is 6.90. The number of benzene rings is 1. The molecule has 2 nitrogen and oxygen atoms in total. The summed E-state index contributed by atoms with van der Waals surface area (Å²) in [7, 11) is 0. The van der Waals surface area contributed by atoms with E-state index in [4.69, 9.17) is 0 Å². The normalized spacial score (nSPS) is 26.2. The Labute approximate surface area is 111 Å². The molecule has 1 fully saturated rings. The number of hydrogen-bond donors (Lipinski definition) is 1. The Morgan fingerprint density at radius 2 is 1.89 bits per heavy atom. The summed E-state index contributed by atoms with van der Waals surface area (Å²) in [5, 5.41) is 3.69. The molecule has 18 heavy (non-hydrogen) atoms. The van der Waals surface area contributed by atoms with Gasteiger partial charge in [0.05, 0.1) is 5.54 Å². The Balaban J connectivity index is 2.10. The summed E-state index contributed by atoms with van der Waals surface area (Å²) in [4.78, 5) is 2.59. The van der Waals surface area contributed by atoms with Gasteiger partial charge in [0, 0.05) is 26.2 Å². The predicted octanol–water partition coefficient (Wildman–Crippen LogP) is 2.85. The van der Waals surface area contributed by atoms with Gasteiger partial charge in [0.15, 0.2) is 0 Å². The number of piperazine rings is 1. The molecule has 0 amide bonds. The van der Waals surface area contributed by atoms with E-state index < -0.39 is 0 Å². The fraction of sp³-hybridized carbons (Fsp3) is 0.625. The van der Waals surface area contributed by atoms with Crippen molar-refractivity contribution in [2.75, 3.05) is 26.2 Å². The zero-order chi connectivity index (χ0) is 13.2. The first-order valence-electron chi connectivity index (χ1n) is 6.92. The van der Waals surface area contributed by atoms with Crippen LogP contribution in [0.15, 0.2) is 30.3 Å². The van der Waals surface area contributed by atoms with Gasteiger partial charge in [-0.05, 0) is 17.9 Å². The first kappa shape index (κ1) is 13.6. The van der Waals surface area contributed by atoms with Crippen LogP contribution in [0.3, 0.4) is 0 Å². The third kappa shape index (κ3) is 3.33. The lowest BCUT2D eigenvalue weighted by Gasteiger charge is -2.44. The average Bonchev–Trinajstić information content (AvgIpc) is 2.28. The van der Waals surface area contributed by atoms with E-state index >= 15 is 0 Å². The van der Waals surface area contributed by atoms with Crippen molar-refractivity contribution >= 4 is 0 Å². The fourth-order valence-corrected chi connectivity index (χ4v) is 2.88. The van der Waals surface area contributed by atoms with Crippen molar-refractivity contribution in [2.45, 2.75) is 33.2 Å². The van der Waals surface area contributed by atoms with Crippen LogP contribution in [0.5, 0.6) is 0 Å². The summed E-state index contributed by atoms with van der Waals surface area (Å²) in [5.41, 5.74) is 1.85. The van der Waals surface area contributed by atoms with E-state index in [0.717, 1.165) is 26.2 Å². The smallest absolute Gasteiger partial charge is 0.0535 e. The van der Waals surface area contributed by atoms with E-state index in [1.807, 2.05) is 0 Å². The Bertz CT molecular complexity index is 380. The standard InChI is InChI=1S/C16H26N2/c1-15(2,3)12-18-11-10-17-16(4,13-18)14-8-6-5-7-9-14/h5-9,17H,10-13H2,1-4H3. The lowest BCUT2D eigenvalue weighted by molar-refractivity contribution is 0.106.